The summed E-state index contributed by atoms with van der Waals surface area (Å²) in [7, 11) is 0. The smallest absolute Gasteiger partial charge is 0.0543 e. The van der Waals surface area contributed by atoms with E-state index in [-0.39, 0.29) is 12.0 Å². The average Bonchev–Trinajstić information content (AvgIpc) is 2.84. The maximum Gasteiger partial charge on any atom is 0.0543 e. The van der Waals surface area contributed by atoms with Crippen LogP contribution in [0.25, 0.3) is 0 Å². The monoisotopic (exact) mass is 163 g/mol. The largest absolute Gasteiger partial charge is 0.395 e. The molecule has 0 amide bonds. The van der Waals surface area contributed by atoms with E-state index in [1.165, 1.54) is 0 Å². The second kappa shape index (κ2) is 2.56. The molecule has 1 aliphatic carbocycles. The number of aliphatic hydroxyl groups excluding tert-OH is 1. The molecule has 0 bridgehead atoms. The van der Waals surface area contributed by atoms with Gasteiger partial charge >= 0.3 is 0 Å². The quantitative estimate of drug-likeness (QED) is 0.715. The van der Waals surface area contributed by atoms with E-state index in [1.807, 2.05) is 25.1 Å². The van der Waals surface area contributed by atoms with Crippen molar-refractivity contribution in [2.45, 2.75) is 25.2 Å². The number of pyridine rings is 1. The Kier molecular flexibility index (Phi) is 1.65. The molecule has 64 valence electrons. The van der Waals surface area contributed by atoms with Gasteiger partial charge in [0.25, 0.3) is 0 Å². The minimum atomic E-state index is 0.0199. The van der Waals surface area contributed by atoms with Crippen LogP contribution < -0.4 is 0 Å². The van der Waals surface area contributed by atoms with Crippen LogP contribution in [0.2, 0.25) is 0 Å². The van der Waals surface area contributed by atoms with E-state index in [4.69, 9.17) is 5.11 Å². The summed E-state index contributed by atoms with van der Waals surface area (Å²) in [5.41, 5.74) is 2.11. The van der Waals surface area contributed by atoms with Crippen molar-refractivity contribution in [1.29, 1.82) is 0 Å². The second-order valence-electron chi connectivity index (χ2n) is 3.60. The standard InChI is InChI=1S/C10H13NO/c1-8-3-2-4-9(11-8)10(7-12)5-6-10/h2-4,12H,5-7H2,1H3. The predicted octanol–water partition coefficient (Wildman–Crippen LogP) is 1.41. The highest BCUT2D eigenvalue weighted by Crippen LogP contribution is 2.46. The third-order valence-corrected chi connectivity index (χ3v) is 2.59. The van der Waals surface area contributed by atoms with Gasteiger partial charge in [-0.05, 0) is 31.9 Å². The molecule has 2 rings (SSSR count). The summed E-state index contributed by atoms with van der Waals surface area (Å²) in [6, 6.07) is 6.00. The van der Waals surface area contributed by atoms with E-state index < -0.39 is 0 Å². The van der Waals surface area contributed by atoms with E-state index in [0.717, 1.165) is 24.2 Å². The molecule has 1 N–H and O–H groups in total. The van der Waals surface area contributed by atoms with Crippen LogP contribution in [0.5, 0.6) is 0 Å². The van der Waals surface area contributed by atoms with Gasteiger partial charge in [0.05, 0.1) is 6.61 Å². The number of aliphatic hydroxyl groups is 1. The molecule has 0 radical (unpaired) electrons. The minimum Gasteiger partial charge on any atom is -0.395 e. The van der Waals surface area contributed by atoms with Crippen molar-refractivity contribution in [2.24, 2.45) is 0 Å². The van der Waals surface area contributed by atoms with Gasteiger partial charge in [-0.3, -0.25) is 4.98 Å². The summed E-state index contributed by atoms with van der Waals surface area (Å²) in [4.78, 5) is 4.42. The van der Waals surface area contributed by atoms with Crippen molar-refractivity contribution in [3.63, 3.8) is 0 Å². The molecule has 2 heteroatoms. The van der Waals surface area contributed by atoms with Crippen molar-refractivity contribution in [2.75, 3.05) is 6.61 Å². The highest BCUT2D eigenvalue weighted by Gasteiger charge is 2.44. The molecule has 1 aromatic heterocycles. The number of hydrogen-bond donors (Lipinski definition) is 1. The van der Waals surface area contributed by atoms with Crippen molar-refractivity contribution < 1.29 is 5.11 Å². The molecule has 0 aromatic carbocycles. The highest BCUT2D eigenvalue weighted by atomic mass is 16.3. The number of hydrogen-bond acceptors (Lipinski definition) is 2. The van der Waals surface area contributed by atoms with Crippen LogP contribution in [0.4, 0.5) is 0 Å². The molecule has 0 aliphatic heterocycles. The number of rotatable bonds is 2. The lowest BCUT2D eigenvalue weighted by Crippen LogP contribution is -2.13. The van der Waals surface area contributed by atoms with Crippen LogP contribution in [0.1, 0.15) is 24.2 Å². The SMILES string of the molecule is Cc1cccc(C2(CO)CC2)n1. The van der Waals surface area contributed by atoms with Crippen molar-refractivity contribution in [3.05, 3.63) is 29.6 Å². The van der Waals surface area contributed by atoms with Gasteiger partial charge in [-0.25, -0.2) is 0 Å². The zero-order valence-corrected chi connectivity index (χ0v) is 7.25. The van der Waals surface area contributed by atoms with Crippen LogP contribution >= 0.6 is 0 Å². The molecular formula is C10H13NO. The molecular weight excluding hydrogens is 150 g/mol. The number of nitrogens with zero attached hydrogens (tertiary/aromatic N) is 1. The normalized spacial score (nSPS) is 19.2. The number of aromatic nitrogens is 1. The van der Waals surface area contributed by atoms with Gasteiger partial charge in [-0.1, -0.05) is 6.07 Å². The Morgan fingerprint density at radius 1 is 1.50 bits per heavy atom. The fourth-order valence-corrected chi connectivity index (χ4v) is 1.48. The third-order valence-electron chi connectivity index (χ3n) is 2.59. The average molecular weight is 163 g/mol. The summed E-state index contributed by atoms with van der Waals surface area (Å²) in [5, 5.41) is 9.16. The third kappa shape index (κ3) is 1.12. The summed E-state index contributed by atoms with van der Waals surface area (Å²) < 4.78 is 0. The first-order chi connectivity index (χ1) is 5.77. The van der Waals surface area contributed by atoms with Crippen LogP contribution in [-0.4, -0.2) is 16.7 Å². The predicted molar refractivity (Wildman–Crippen MR) is 47.0 cm³/mol. The van der Waals surface area contributed by atoms with E-state index >= 15 is 0 Å². The molecule has 1 saturated carbocycles. The first-order valence-corrected chi connectivity index (χ1v) is 4.32. The van der Waals surface area contributed by atoms with Gasteiger partial charge in [-0.15, -0.1) is 0 Å². The van der Waals surface area contributed by atoms with Gasteiger partial charge in [-0.2, -0.15) is 0 Å². The molecule has 2 nitrogen and oxygen atoms in total. The molecule has 0 spiro atoms. The first kappa shape index (κ1) is 7.74. The maximum atomic E-state index is 9.16. The Bertz CT molecular complexity index is 292. The zero-order chi connectivity index (χ0) is 8.60. The van der Waals surface area contributed by atoms with E-state index in [9.17, 15) is 0 Å². The van der Waals surface area contributed by atoms with Crippen molar-refractivity contribution in [3.8, 4) is 0 Å². The lowest BCUT2D eigenvalue weighted by molar-refractivity contribution is 0.252. The Labute approximate surface area is 72.3 Å². The first-order valence-electron chi connectivity index (χ1n) is 4.32. The molecule has 0 atom stereocenters. The fourth-order valence-electron chi connectivity index (χ4n) is 1.48. The van der Waals surface area contributed by atoms with Crippen LogP contribution in [0.15, 0.2) is 18.2 Å². The highest BCUT2D eigenvalue weighted by molar-refractivity contribution is 5.25. The lowest BCUT2D eigenvalue weighted by Gasteiger charge is -2.10. The molecule has 0 unspecified atom stereocenters. The summed E-state index contributed by atoms with van der Waals surface area (Å²) in [5.74, 6) is 0. The summed E-state index contributed by atoms with van der Waals surface area (Å²) in [6.45, 7) is 2.22. The Hall–Kier alpha value is -0.890. The van der Waals surface area contributed by atoms with Crippen LogP contribution in [-0.2, 0) is 5.41 Å². The molecule has 1 heterocycles. The summed E-state index contributed by atoms with van der Waals surface area (Å²) >= 11 is 0. The Morgan fingerprint density at radius 3 is 2.75 bits per heavy atom. The molecule has 0 saturated heterocycles. The maximum absolute atomic E-state index is 9.16. The van der Waals surface area contributed by atoms with Gasteiger partial charge in [0, 0.05) is 16.8 Å². The minimum absolute atomic E-state index is 0.0199. The zero-order valence-electron chi connectivity index (χ0n) is 7.25. The van der Waals surface area contributed by atoms with E-state index in [1.54, 1.807) is 0 Å². The molecule has 1 fully saturated rings. The van der Waals surface area contributed by atoms with Gasteiger partial charge in [0.15, 0.2) is 0 Å². The Balaban J connectivity index is 2.34. The topological polar surface area (TPSA) is 33.1 Å². The van der Waals surface area contributed by atoms with Gasteiger partial charge < -0.3 is 5.11 Å². The van der Waals surface area contributed by atoms with Gasteiger partial charge in [0.2, 0.25) is 0 Å². The molecule has 12 heavy (non-hydrogen) atoms. The summed E-state index contributed by atoms with van der Waals surface area (Å²) in [6.07, 6.45) is 2.17. The fraction of sp³-hybridized carbons (Fsp3) is 0.500. The molecule has 1 aliphatic rings. The van der Waals surface area contributed by atoms with Crippen molar-refractivity contribution >= 4 is 0 Å². The Morgan fingerprint density at radius 2 is 2.25 bits per heavy atom. The van der Waals surface area contributed by atoms with Crippen molar-refractivity contribution in [1.82, 2.24) is 4.98 Å². The van der Waals surface area contributed by atoms with Gasteiger partial charge in [0.1, 0.15) is 0 Å². The van der Waals surface area contributed by atoms with E-state index in [2.05, 4.69) is 4.98 Å². The lowest BCUT2D eigenvalue weighted by atomic mass is 10.0. The second-order valence-corrected chi connectivity index (χ2v) is 3.60. The molecule has 1 aromatic rings. The van der Waals surface area contributed by atoms with E-state index in [0.29, 0.717) is 0 Å². The van der Waals surface area contributed by atoms with Crippen LogP contribution in [0.3, 0.4) is 0 Å². The van der Waals surface area contributed by atoms with Crippen LogP contribution in [0, 0.1) is 6.92 Å². The number of aryl methyl sites for hydroxylation is 1.